The Labute approximate surface area is 156 Å². The van der Waals surface area contributed by atoms with Crippen LogP contribution in [0.2, 0.25) is 0 Å². The molecule has 0 aliphatic heterocycles. The SMILES string of the molecule is CCCCCCCCCCCC(CBr)CCCCCCCCC. The number of alkyl halides is 1. The third-order valence-electron chi connectivity index (χ3n) is 5.15. The molecule has 0 radical (unpaired) electrons. The Morgan fingerprint density at radius 1 is 0.478 bits per heavy atom. The van der Waals surface area contributed by atoms with E-state index in [0.717, 1.165) is 5.92 Å². The van der Waals surface area contributed by atoms with Crippen molar-refractivity contribution in [3.05, 3.63) is 0 Å². The lowest BCUT2D eigenvalue weighted by molar-refractivity contribution is 0.437. The van der Waals surface area contributed by atoms with Gasteiger partial charge in [0.2, 0.25) is 0 Å². The summed E-state index contributed by atoms with van der Waals surface area (Å²) in [5, 5.41) is 1.22. The van der Waals surface area contributed by atoms with Crippen LogP contribution in [-0.2, 0) is 0 Å². The molecule has 1 heteroatoms. The summed E-state index contributed by atoms with van der Waals surface area (Å²) < 4.78 is 0. The summed E-state index contributed by atoms with van der Waals surface area (Å²) in [6.07, 6.45) is 26.1. The molecule has 0 nitrogen and oxygen atoms in total. The zero-order valence-corrected chi connectivity index (χ0v) is 18.0. The zero-order valence-electron chi connectivity index (χ0n) is 16.4. The van der Waals surface area contributed by atoms with Crippen molar-refractivity contribution in [1.82, 2.24) is 0 Å². The van der Waals surface area contributed by atoms with Crippen LogP contribution in [0.15, 0.2) is 0 Å². The lowest BCUT2D eigenvalue weighted by Gasteiger charge is -2.13. The van der Waals surface area contributed by atoms with Crippen LogP contribution in [0, 0.1) is 5.92 Å². The maximum Gasteiger partial charge on any atom is 0.00596 e. The van der Waals surface area contributed by atoms with E-state index in [2.05, 4.69) is 29.8 Å². The van der Waals surface area contributed by atoms with Gasteiger partial charge in [-0.05, 0) is 18.8 Å². The first-order valence-corrected chi connectivity index (χ1v) is 12.0. The average molecular weight is 390 g/mol. The third kappa shape index (κ3) is 18.7. The van der Waals surface area contributed by atoms with Crippen LogP contribution >= 0.6 is 15.9 Å². The first kappa shape index (κ1) is 23.5. The molecule has 0 saturated carbocycles. The van der Waals surface area contributed by atoms with Crippen LogP contribution in [0.25, 0.3) is 0 Å². The van der Waals surface area contributed by atoms with E-state index in [1.807, 2.05) is 0 Å². The highest BCUT2D eigenvalue weighted by Gasteiger charge is 2.06. The van der Waals surface area contributed by atoms with Crippen LogP contribution < -0.4 is 0 Å². The molecule has 0 saturated heterocycles. The topological polar surface area (TPSA) is 0 Å². The summed E-state index contributed by atoms with van der Waals surface area (Å²) >= 11 is 3.74. The minimum atomic E-state index is 0.940. The molecule has 1 atom stereocenters. The van der Waals surface area contributed by atoms with Gasteiger partial charge in [-0.1, -0.05) is 133 Å². The van der Waals surface area contributed by atoms with Gasteiger partial charge in [0.25, 0.3) is 0 Å². The number of halogens is 1. The van der Waals surface area contributed by atoms with E-state index < -0.39 is 0 Å². The van der Waals surface area contributed by atoms with Crippen LogP contribution in [0.1, 0.15) is 129 Å². The lowest BCUT2D eigenvalue weighted by atomic mass is 9.95. The van der Waals surface area contributed by atoms with E-state index in [0.29, 0.717) is 0 Å². The molecule has 0 N–H and O–H groups in total. The Bertz CT molecular complexity index is 202. The Morgan fingerprint density at radius 2 is 0.783 bits per heavy atom. The number of rotatable bonds is 19. The maximum absolute atomic E-state index is 3.74. The lowest BCUT2D eigenvalue weighted by Crippen LogP contribution is -2.02. The highest BCUT2D eigenvalue weighted by molar-refractivity contribution is 9.09. The highest BCUT2D eigenvalue weighted by Crippen LogP contribution is 2.21. The van der Waals surface area contributed by atoms with Gasteiger partial charge in [-0.25, -0.2) is 0 Å². The summed E-state index contributed by atoms with van der Waals surface area (Å²) in [4.78, 5) is 0. The van der Waals surface area contributed by atoms with Gasteiger partial charge < -0.3 is 0 Å². The average Bonchev–Trinajstić information content (AvgIpc) is 2.57. The van der Waals surface area contributed by atoms with Crippen LogP contribution in [0.5, 0.6) is 0 Å². The number of hydrogen-bond donors (Lipinski definition) is 0. The summed E-state index contributed by atoms with van der Waals surface area (Å²) in [5.74, 6) is 0.940. The van der Waals surface area contributed by atoms with Gasteiger partial charge >= 0.3 is 0 Å². The molecular formula is C22H45Br. The number of unbranched alkanes of at least 4 members (excludes halogenated alkanes) is 14. The van der Waals surface area contributed by atoms with Crippen molar-refractivity contribution in [3.8, 4) is 0 Å². The molecule has 0 aliphatic carbocycles. The van der Waals surface area contributed by atoms with E-state index >= 15 is 0 Å². The van der Waals surface area contributed by atoms with Crippen molar-refractivity contribution in [2.75, 3.05) is 5.33 Å². The van der Waals surface area contributed by atoms with Gasteiger partial charge in [0, 0.05) is 5.33 Å². The standard InChI is InChI=1S/C22H45Br/c1-3-5-7-9-11-12-14-16-18-20-22(21-23)19-17-15-13-10-8-6-4-2/h22H,3-21H2,1-2H3. The second-order valence-corrected chi connectivity index (χ2v) is 8.19. The molecule has 0 aromatic heterocycles. The Kier molecular flexibility index (Phi) is 21.0. The van der Waals surface area contributed by atoms with E-state index in [4.69, 9.17) is 0 Å². The van der Waals surface area contributed by atoms with E-state index in [1.165, 1.54) is 121 Å². The van der Waals surface area contributed by atoms with Gasteiger partial charge in [-0.2, -0.15) is 0 Å². The monoisotopic (exact) mass is 388 g/mol. The number of hydrogen-bond acceptors (Lipinski definition) is 0. The molecule has 0 bridgehead atoms. The normalized spacial score (nSPS) is 12.7. The molecule has 1 unspecified atom stereocenters. The molecule has 140 valence electrons. The Hall–Kier alpha value is 0.480. The quantitative estimate of drug-likeness (QED) is 0.153. The summed E-state index contributed by atoms with van der Waals surface area (Å²) in [6, 6.07) is 0. The smallest absolute Gasteiger partial charge is 0.00596 e. The molecule has 0 amide bonds. The van der Waals surface area contributed by atoms with Crippen molar-refractivity contribution in [3.63, 3.8) is 0 Å². The summed E-state index contributed by atoms with van der Waals surface area (Å²) in [7, 11) is 0. The van der Waals surface area contributed by atoms with Gasteiger partial charge in [0.1, 0.15) is 0 Å². The minimum Gasteiger partial charge on any atom is -0.0925 e. The van der Waals surface area contributed by atoms with Crippen LogP contribution in [0.3, 0.4) is 0 Å². The first-order chi connectivity index (χ1) is 11.3. The van der Waals surface area contributed by atoms with Crippen molar-refractivity contribution in [1.29, 1.82) is 0 Å². The van der Waals surface area contributed by atoms with Gasteiger partial charge in [-0.15, -0.1) is 0 Å². The third-order valence-corrected chi connectivity index (χ3v) is 6.07. The fourth-order valence-corrected chi connectivity index (χ4v) is 4.08. The van der Waals surface area contributed by atoms with E-state index in [9.17, 15) is 0 Å². The molecule has 0 aliphatic rings. The van der Waals surface area contributed by atoms with Crippen LogP contribution in [0.4, 0.5) is 0 Å². The fourth-order valence-electron chi connectivity index (χ4n) is 3.43. The van der Waals surface area contributed by atoms with Gasteiger partial charge in [0.15, 0.2) is 0 Å². The van der Waals surface area contributed by atoms with E-state index in [-0.39, 0.29) is 0 Å². The predicted octanol–water partition coefficient (Wildman–Crippen LogP) is 9.06. The van der Waals surface area contributed by atoms with Crippen molar-refractivity contribution >= 4 is 15.9 Å². The predicted molar refractivity (Wildman–Crippen MR) is 112 cm³/mol. The Morgan fingerprint density at radius 3 is 1.09 bits per heavy atom. The van der Waals surface area contributed by atoms with Gasteiger partial charge in [-0.3, -0.25) is 0 Å². The maximum atomic E-state index is 3.74. The molecule has 0 aromatic carbocycles. The zero-order chi connectivity index (χ0) is 17.0. The molecule has 0 rings (SSSR count). The molecule has 23 heavy (non-hydrogen) atoms. The summed E-state index contributed by atoms with van der Waals surface area (Å²) in [6.45, 7) is 4.60. The van der Waals surface area contributed by atoms with Crippen molar-refractivity contribution in [2.24, 2.45) is 5.92 Å². The largest absolute Gasteiger partial charge is 0.0925 e. The Balaban J connectivity index is 3.28. The minimum absolute atomic E-state index is 0.940. The van der Waals surface area contributed by atoms with Crippen molar-refractivity contribution < 1.29 is 0 Å². The second-order valence-electron chi connectivity index (χ2n) is 7.55. The summed E-state index contributed by atoms with van der Waals surface area (Å²) in [5.41, 5.74) is 0. The van der Waals surface area contributed by atoms with Gasteiger partial charge in [0.05, 0.1) is 0 Å². The second kappa shape index (κ2) is 20.5. The first-order valence-electron chi connectivity index (χ1n) is 10.9. The molecule has 0 aromatic rings. The highest BCUT2D eigenvalue weighted by atomic mass is 79.9. The fraction of sp³-hybridized carbons (Fsp3) is 1.00. The van der Waals surface area contributed by atoms with Crippen molar-refractivity contribution in [2.45, 2.75) is 129 Å². The van der Waals surface area contributed by atoms with E-state index in [1.54, 1.807) is 0 Å². The molecule has 0 spiro atoms. The molecule has 0 heterocycles. The van der Waals surface area contributed by atoms with Crippen LogP contribution in [-0.4, -0.2) is 5.33 Å². The molecule has 0 fully saturated rings. The molecular weight excluding hydrogens is 344 g/mol.